The van der Waals surface area contributed by atoms with E-state index in [1.54, 1.807) is 0 Å². The summed E-state index contributed by atoms with van der Waals surface area (Å²) in [6.45, 7) is 5.08. The van der Waals surface area contributed by atoms with Crippen molar-refractivity contribution < 1.29 is 5.11 Å². The first-order valence-corrected chi connectivity index (χ1v) is 12.6. The largest absolute Gasteiger partial charge is 0.493 e. The molecule has 1 aliphatic rings. The van der Waals surface area contributed by atoms with Crippen molar-refractivity contribution in [3.05, 3.63) is 38.7 Å². The fraction of sp³-hybridized carbons (Fsp3) is 0.520. The first-order valence-electron chi connectivity index (χ1n) is 11.4. The summed E-state index contributed by atoms with van der Waals surface area (Å²) >= 11 is 7.02. The van der Waals surface area contributed by atoms with Crippen LogP contribution in [0.15, 0.2) is 29.3 Å². The number of fused-ring (bicyclic) bond motifs is 1. The molecule has 5 heteroatoms. The van der Waals surface area contributed by atoms with Crippen molar-refractivity contribution in [3.8, 4) is 5.88 Å². The van der Waals surface area contributed by atoms with Crippen LogP contribution in [0.3, 0.4) is 0 Å². The minimum atomic E-state index is 0.297. The van der Waals surface area contributed by atoms with Crippen LogP contribution in [0.1, 0.15) is 88.5 Å². The Bertz CT molecular complexity index is 952. The second-order valence-electron chi connectivity index (χ2n) is 8.16. The molecule has 0 spiro atoms. The van der Waals surface area contributed by atoms with E-state index in [1.807, 2.05) is 35.8 Å². The van der Waals surface area contributed by atoms with E-state index in [2.05, 4.69) is 18.0 Å². The topological polar surface area (TPSA) is 37.5 Å². The summed E-state index contributed by atoms with van der Waals surface area (Å²) in [5.41, 5.74) is 4.17. The molecule has 2 aromatic rings. The standard InChI is InChI=1S/C25H34N2OS2/c1-3-4-5-6-7-8-9-10-11-14-17-27-24(28)23(30-25(27)29)18-21-19(2)26-22-16-13-12-15-20(21)22/h12-13,15-16,18,28H,3-11,14,17H2,1-2H3/b21-18+. The average molecular weight is 443 g/mol. The van der Waals surface area contributed by atoms with E-state index in [-0.39, 0.29) is 0 Å². The molecule has 0 bridgehead atoms. The molecule has 1 aliphatic heterocycles. The molecule has 3 rings (SSSR count). The fourth-order valence-electron chi connectivity index (χ4n) is 4.01. The van der Waals surface area contributed by atoms with Crippen LogP contribution >= 0.6 is 23.6 Å². The molecule has 3 nitrogen and oxygen atoms in total. The lowest BCUT2D eigenvalue weighted by Crippen LogP contribution is -1.97. The highest BCUT2D eigenvalue weighted by Gasteiger charge is 2.19. The van der Waals surface area contributed by atoms with Gasteiger partial charge < -0.3 is 5.11 Å². The van der Waals surface area contributed by atoms with Crippen molar-refractivity contribution in [2.75, 3.05) is 0 Å². The average Bonchev–Trinajstić information content (AvgIpc) is 3.19. The van der Waals surface area contributed by atoms with E-state index in [4.69, 9.17) is 12.2 Å². The van der Waals surface area contributed by atoms with Crippen LogP contribution in [-0.2, 0) is 6.54 Å². The number of aromatic nitrogens is 1. The Morgan fingerprint density at radius 2 is 1.63 bits per heavy atom. The van der Waals surface area contributed by atoms with Gasteiger partial charge in [-0.3, -0.25) is 9.56 Å². The summed E-state index contributed by atoms with van der Waals surface area (Å²) in [5.74, 6) is 0.297. The monoisotopic (exact) mass is 442 g/mol. The van der Waals surface area contributed by atoms with Gasteiger partial charge in [-0.15, -0.1) is 11.3 Å². The number of nitrogens with zero attached hydrogens (tertiary/aromatic N) is 2. The Hall–Kier alpha value is -1.72. The molecule has 0 aliphatic carbocycles. The lowest BCUT2D eigenvalue weighted by atomic mass is 10.0. The summed E-state index contributed by atoms with van der Waals surface area (Å²) in [7, 11) is 0. The van der Waals surface area contributed by atoms with Gasteiger partial charge in [0.2, 0.25) is 5.88 Å². The van der Waals surface area contributed by atoms with Gasteiger partial charge in [-0.1, -0.05) is 82.9 Å². The van der Waals surface area contributed by atoms with E-state index >= 15 is 0 Å². The third kappa shape index (κ3) is 5.92. The molecule has 1 aromatic heterocycles. The maximum atomic E-state index is 10.8. The number of unbranched alkanes of at least 4 members (excludes halogenated alkanes) is 9. The summed E-state index contributed by atoms with van der Waals surface area (Å²) in [6, 6.07) is 8.14. The molecule has 0 radical (unpaired) electrons. The van der Waals surface area contributed by atoms with Gasteiger partial charge in [0.15, 0.2) is 3.95 Å². The first kappa shape index (κ1) is 23.0. The summed E-state index contributed by atoms with van der Waals surface area (Å²) in [6.07, 6.45) is 15.1. The highest BCUT2D eigenvalue weighted by atomic mass is 32.1. The number of aliphatic imine (C=N–C) groups is 1. The van der Waals surface area contributed by atoms with E-state index in [9.17, 15) is 5.11 Å². The Morgan fingerprint density at radius 1 is 1.00 bits per heavy atom. The van der Waals surface area contributed by atoms with Gasteiger partial charge in [-0.2, -0.15) is 0 Å². The second kappa shape index (κ2) is 11.6. The molecule has 30 heavy (non-hydrogen) atoms. The number of rotatable bonds is 12. The molecule has 2 heterocycles. The van der Waals surface area contributed by atoms with Crippen LogP contribution in [-0.4, -0.2) is 15.4 Å². The molecule has 0 saturated carbocycles. The van der Waals surface area contributed by atoms with Gasteiger partial charge in [-0.05, 0) is 37.7 Å². The minimum Gasteiger partial charge on any atom is -0.493 e. The van der Waals surface area contributed by atoms with Gasteiger partial charge in [0.25, 0.3) is 0 Å². The number of hydrogen-bond acceptors (Lipinski definition) is 4. The van der Waals surface area contributed by atoms with E-state index in [1.165, 1.54) is 69.1 Å². The molecular formula is C25H34N2OS2. The van der Waals surface area contributed by atoms with Crippen LogP contribution in [0.2, 0.25) is 0 Å². The number of thiazole rings is 1. The zero-order valence-corrected chi connectivity index (χ0v) is 20.0. The fourth-order valence-corrected chi connectivity index (χ4v) is 5.31. The van der Waals surface area contributed by atoms with Crippen molar-refractivity contribution in [1.82, 2.24) is 4.57 Å². The zero-order chi connectivity index (χ0) is 21.3. The third-order valence-corrected chi connectivity index (χ3v) is 7.16. The van der Waals surface area contributed by atoms with E-state index in [0.29, 0.717) is 5.88 Å². The summed E-state index contributed by atoms with van der Waals surface area (Å²) in [4.78, 5) is 5.46. The highest BCUT2D eigenvalue weighted by Crippen LogP contribution is 2.38. The Labute approximate surface area is 190 Å². The van der Waals surface area contributed by atoms with Gasteiger partial charge in [0, 0.05) is 23.4 Å². The van der Waals surface area contributed by atoms with Crippen LogP contribution in [0.4, 0.5) is 5.69 Å². The maximum absolute atomic E-state index is 10.8. The van der Waals surface area contributed by atoms with Gasteiger partial charge in [0.05, 0.1) is 10.6 Å². The molecule has 0 unspecified atom stereocenters. The molecule has 0 amide bonds. The predicted molar refractivity (Wildman–Crippen MR) is 134 cm³/mol. The predicted octanol–water partition coefficient (Wildman–Crippen LogP) is 8.55. The minimum absolute atomic E-state index is 0.297. The van der Waals surface area contributed by atoms with E-state index in [0.717, 1.165) is 44.3 Å². The second-order valence-corrected chi connectivity index (χ2v) is 9.84. The van der Waals surface area contributed by atoms with E-state index < -0.39 is 0 Å². The number of hydrogen-bond donors (Lipinski definition) is 1. The lowest BCUT2D eigenvalue weighted by Gasteiger charge is -2.06. The normalized spacial score (nSPS) is 14.3. The van der Waals surface area contributed by atoms with Gasteiger partial charge >= 0.3 is 0 Å². The number of aromatic hydroxyl groups is 1. The molecular weight excluding hydrogens is 408 g/mol. The lowest BCUT2D eigenvalue weighted by molar-refractivity contribution is 0.407. The van der Waals surface area contributed by atoms with Crippen molar-refractivity contribution in [1.29, 1.82) is 0 Å². The maximum Gasteiger partial charge on any atom is 0.210 e. The number of allylic oxidation sites excluding steroid dienone is 1. The smallest absolute Gasteiger partial charge is 0.210 e. The van der Waals surface area contributed by atoms with Crippen LogP contribution in [0.5, 0.6) is 5.88 Å². The van der Waals surface area contributed by atoms with Crippen molar-refractivity contribution in [2.45, 2.75) is 84.6 Å². The molecule has 0 saturated heterocycles. The molecule has 1 aromatic carbocycles. The Kier molecular flexibility index (Phi) is 8.88. The van der Waals surface area contributed by atoms with Crippen LogP contribution in [0.25, 0.3) is 11.6 Å². The molecule has 0 atom stereocenters. The zero-order valence-electron chi connectivity index (χ0n) is 18.3. The van der Waals surface area contributed by atoms with Crippen molar-refractivity contribution in [3.63, 3.8) is 0 Å². The third-order valence-electron chi connectivity index (χ3n) is 5.78. The SMILES string of the molecule is CCCCCCCCCCCCn1c(O)c(/C=C2\C(C)=Nc3ccccc32)sc1=S. The summed E-state index contributed by atoms with van der Waals surface area (Å²) in [5, 5.41) is 10.8. The highest BCUT2D eigenvalue weighted by molar-refractivity contribution is 7.73. The number of para-hydroxylation sites is 1. The quantitative estimate of drug-likeness (QED) is 0.264. The summed E-state index contributed by atoms with van der Waals surface area (Å²) < 4.78 is 2.64. The first-order chi connectivity index (χ1) is 14.6. The Balaban J connectivity index is 1.51. The van der Waals surface area contributed by atoms with Crippen molar-refractivity contribution >= 4 is 46.6 Å². The molecule has 0 fully saturated rings. The molecule has 1 N–H and O–H groups in total. The van der Waals surface area contributed by atoms with Gasteiger partial charge in [0.1, 0.15) is 0 Å². The van der Waals surface area contributed by atoms with Crippen molar-refractivity contribution in [2.24, 2.45) is 4.99 Å². The Morgan fingerprint density at radius 3 is 2.33 bits per heavy atom. The molecule has 162 valence electrons. The van der Waals surface area contributed by atoms with Crippen LogP contribution in [0, 0.1) is 3.95 Å². The number of benzene rings is 1. The van der Waals surface area contributed by atoms with Crippen LogP contribution < -0.4 is 0 Å². The van der Waals surface area contributed by atoms with Gasteiger partial charge in [-0.25, -0.2) is 0 Å².